The largest absolute Gasteiger partial charge is 0.457 e. The second-order valence-electron chi connectivity index (χ2n) is 7.21. The van der Waals surface area contributed by atoms with Gasteiger partial charge in [-0.15, -0.1) is 0 Å². The molecule has 2 aromatic carbocycles. The highest BCUT2D eigenvalue weighted by molar-refractivity contribution is 5.79. The summed E-state index contributed by atoms with van der Waals surface area (Å²) in [6.07, 6.45) is 2.03. The fourth-order valence-electron chi connectivity index (χ4n) is 3.07. The first-order valence-electron chi connectivity index (χ1n) is 10.4. The van der Waals surface area contributed by atoms with E-state index in [-0.39, 0.29) is 5.82 Å². The molecule has 0 radical (unpaired) electrons. The number of halogens is 1. The fraction of sp³-hybridized carbons (Fsp3) is 0.435. The number of ether oxygens (including phenoxy) is 3. The second kappa shape index (κ2) is 12.1. The first-order chi connectivity index (χ1) is 14.7. The van der Waals surface area contributed by atoms with Gasteiger partial charge in [0.15, 0.2) is 5.96 Å². The predicted octanol–water partition coefficient (Wildman–Crippen LogP) is 3.73. The van der Waals surface area contributed by atoms with Crippen LogP contribution in [0.25, 0.3) is 0 Å². The van der Waals surface area contributed by atoms with Crippen molar-refractivity contribution in [3.8, 4) is 11.5 Å². The highest BCUT2D eigenvalue weighted by Gasteiger charge is 2.15. The molecule has 0 saturated carbocycles. The van der Waals surface area contributed by atoms with Crippen molar-refractivity contribution in [1.29, 1.82) is 0 Å². The van der Waals surface area contributed by atoms with Gasteiger partial charge in [0.2, 0.25) is 0 Å². The van der Waals surface area contributed by atoms with Crippen LogP contribution in [0.4, 0.5) is 4.39 Å². The summed E-state index contributed by atoms with van der Waals surface area (Å²) >= 11 is 0. The summed E-state index contributed by atoms with van der Waals surface area (Å²) in [6.45, 7) is 4.65. The molecule has 1 fully saturated rings. The normalized spacial score (nSPS) is 16.5. The average molecular weight is 416 g/mol. The summed E-state index contributed by atoms with van der Waals surface area (Å²) in [4.78, 5) is 4.25. The Morgan fingerprint density at radius 1 is 1.10 bits per heavy atom. The summed E-state index contributed by atoms with van der Waals surface area (Å²) in [6, 6.07) is 13.7. The number of hydrogen-bond acceptors (Lipinski definition) is 4. The van der Waals surface area contributed by atoms with Crippen molar-refractivity contribution in [3.05, 3.63) is 59.9 Å². The van der Waals surface area contributed by atoms with Crippen molar-refractivity contribution < 1.29 is 18.6 Å². The number of nitrogens with zero attached hydrogens (tertiary/aromatic N) is 1. The van der Waals surface area contributed by atoms with E-state index < -0.39 is 0 Å². The first kappa shape index (κ1) is 22.1. The molecule has 7 heteroatoms. The van der Waals surface area contributed by atoms with Crippen LogP contribution in [0.5, 0.6) is 11.5 Å². The highest BCUT2D eigenvalue weighted by Crippen LogP contribution is 2.21. The van der Waals surface area contributed by atoms with Crippen molar-refractivity contribution in [2.24, 2.45) is 10.9 Å². The van der Waals surface area contributed by atoms with Gasteiger partial charge in [0, 0.05) is 39.3 Å². The molecule has 1 atom stereocenters. The third-order valence-electron chi connectivity index (χ3n) is 4.79. The zero-order valence-electron chi connectivity index (χ0n) is 17.4. The molecular formula is C23H30FN3O3. The minimum atomic E-state index is -0.280. The minimum absolute atomic E-state index is 0.280. The highest BCUT2D eigenvalue weighted by atomic mass is 19.1. The summed E-state index contributed by atoms with van der Waals surface area (Å²) in [7, 11) is 1.76. The predicted molar refractivity (Wildman–Crippen MR) is 115 cm³/mol. The van der Waals surface area contributed by atoms with Crippen LogP contribution in [-0.2, 0) is 16.0 Å². The summed E-state index contributed by atoms with van der Waals surface area (Å²) in [5.41, 5.74) is 1.10. The zero-order chi connectivity index (χ0) is 21.0. The molecule has 2 aromatic rings. The molecule has 0 aliphatic carbocycles. The van der Waals surface area contributed by atoms with Crippen LogP contribution in [0, 0.1) is 11.7 Å². The average Bonchev–Trinajstić information content (AvgIpc) is 3.29. The van der Waals surface area contributed by atoms with Gasteiger partial charge in [-0.1, -0.05) is 12.1 Å². The van der Waals surface area contributed by atoms with E-state index in [1.807, 2.05) is 24.3 Å². The smallest absolute Gasteiger partial charge is 0.191 e. The topological polar surface area (TPSA) is 64.1 Å². The molecule has 0 aromatic heterocycles. The van der Waals surface area contributed by atoms with E-state index in [4.69, 9.17) is 14.2 Å². The maximum atomic E-state index is 13.0. The van der Waals surface area contributed by atoms with Crippen LogP contribution in [0.2, 0.25) is 0 Å². The van der Waals surface area contributed by atoms with E-state index >= 15 is 0 Å². The van der Waals surface area contributed by atoms with Crippen LogP contribution in [0.1, 0.15) is 18.4 Å². The van der Waals surface area contributed by atoms with Crippen LogP contribution >= 0.6 is 0 Å². The van der Waals surface area contributed by atoms with Crippen molar-refractivity contribution >= 4 is 5.96 Å². The van der Waals surface area contributed by atoms with E-state index in [2.05, 4.69) is 15.6 Å². The number of nitrogens with one attached hydrogen (secondary N) is 2. The van der Waals surface area contributed by atoms with Crippen LogP contribution in [0.3, 0.4) is 0 Å². The lowest BCUT2D eigenvalue weighted by atomic mass is 10.1. The van der Waals surface area contributed by atoms with E-state index in [1.54, 1.807) is 19.2 Å². The Morgan fingerprint density at radius 2 is 1.83 bits per heavy atom. The van der Waals surface area contributed by atoms with E-state index in [0.29, 0.717) is 24.0 Å². The molecular weight excluding hydrogens is 385 g/mol. The lowest BCUT2D eigenvalue weighted by molar-refractivity contribution is 0.0888. The Morgan fingerprint density at radius 3 is 2.50 bits per heavy atom. The molecule has 1 saturated heterocycles. The number of benzene rings is 2. The summed E-state index contributed by atoms with van der Waals surface area (Å²) in [5.74, 6) is 2.34. The number of rotatable bonds is 10. The monoisotopic (exact) mass is 415 g/mol. The van der Waals surface area contributed by atoms with Gasteiger partial charge >= 0.3 is 0 Å². The minimum Gasteiger partial charge on any atom is -0.457 e. The van der Waals surface area contributed by atoms with Crippen LogP contribution < -0.4 is 15.4 Å². The molecule has 3 rings (SSSR count). The third-order valence-corrected chi connectivity index (χ3v) is 4.79. The molecule has 0 spiro atoms. The Balaban J connectivity index is 1.31. The molecule has 0 amide bonds. The van der Waals surface area contributed by atoms with Gasteiger partial charge in [0.25, 0.3) is 0 Å². The molecule has 30 heavy (non-hydrogen) atoms. The van der Waals surface area contributed by atoms with Gasteiger partial charge in [-0.25, -0.2) is 4.39 Å². The standard InChI is InChI=1S/C23H30FN3O3/c1-25-23(26-12-2-13-28-16-19-11-14-29-17-19)27-15-18-3-7-21(8-4-18)30-22-9-5-20(24)6-10-22/h3-10,19H,2,11-17H2,1H3,(H2,25,26,27). The van der Waals surface area contributed by atoms with Crippen molar-refractivity contribution in [3.63, 3.8) is 0 Å². The molecule has 0 bridgehead atoms. The molecule has 6 nitrogen and oxygen atoms in total. The zero-order valence-corrected chi connectivity index (χ0v) is 17.4. The van der Waals surface area contributed by atoms with Gasteiger partial charge < -0.3 is 24.8 Å². The maximum Gasteiger partial charge on any atom is 0.191 e. The van der Waals surface area contributed by atoms with E-state index in [0.717, 1.165) is 57.3 Å². The number of guanidine groups is 1. The third kappa shape index (κ3) is 7.65. The molecule has 1 unspecified atom stereocenters. The summed E-state index contributed by atoms with van der Waals surface area (Å²) in [5, 5.41) is 6.59. The SMILES string of the molecule is CN=C(NCCCOCC1CCOC1)NCc1ccc(Oc2ccc(F)cc2)cc1. The molecule has 1 aliphatic heterocycles. The Kier molecular flexibility index (Phi) is 8.93. The molecule has 2 N–H and O–H groups in total. The van der Waals surface area contributed by atoms with Crippen molar-refractivity contribution in [1.82, 2.24) is 10.6 Å². The fourth-order valence-corrected chi connectivity index (χ4v) is 3.07. The summed E-state index contributed by atoms with van der Waals surface area (Å²) < 4.78 is 29.7. The van der Waals surface area contributed by atoms with E-state index in [9.17, 15) is 4.39 Å². The van der Waals surface area contributed by atoms with Gasteiger partial charge in [0.05, 0.1) is 13.2 Å². The van der Waals surface area contributed by atoms with Crippen molar-refractivity contribution in [2.75, 3.05) is 40.0 Å². The van der Waals surface area contributed by atoms with Crippen LogP contribution in [0.15, 0.2) is 53.5 Å². The number of aliphatic imine (C=N–C) groups is 1. The molecule has 162 valence electrons. The first-order valence-corrected chi connectivity index (χ1v) is 10.4. The Hall–Kier alpha value is -2.64. The Bertz CT molecular complexity index is 775. The van der Waals surface area contributed by atoms with Gasteiger partial charge in [-0.2, -0.15) is 0 Å². The second-order valence-corrected chi connectivity index (χ2v) is 7.21. The lowest BCUT2D eigenvalue weighted by Crippen LogP contribution is -2.37. The van der Waals surface area contributed by atoms with Crippen molar-refractivity contribution in [2.45, 2.75) is 19.4 Å². The molecule has 1 aliphatic rings. The van der Waals surface area contributed by atoms with Gasteiger partial charge in [-0.3, -0.25) is 4.99 Å². The van der Waals surface area contributed by atoms with E-state index in [1.165, 1.54) is 12.1 Å². The van der Waals surface area contributed by atoms with Gasteiger partial charge in [-0.05, 0) is 54.8 Å². The molecule has 1 heterocycles. The quantitative estimate of drug-likeness (QED) is 0.352. The van der Waals surface area contributed by atoms with Gasteiger partial charge in [0.1, 0.15) is 17.3 Å². The lowest BCUT2D eigenvalue weighted by Gasteiger charge is -2.13. The maximum absolute atomic E-state index is 13.0. The van der Waals surface area contributed by atoms with Crippen LogP contribution in [-0.4, -0.2) is 46.0 Å². The Labute approximate surface area is 177 Å². The number of hydrogen-bond donors (Lipinski definition) is 2.